The summed E-state index contributed by atoms with van der Waals surface area (Å²) in [5.41, 5.74) is 2.13. The van der Waals surface area contributed by atoms with Crippen molar-refractivity contribution in [3.05, 3.63) is 35.5 Å². The fourth-order valence-electron chi connectivity index (χ4n) is 3.04. The van der Waals surface area contributed by atoms with Gasteiger partial charge in [-0.25, -0.2) is 14.4 Å². The Hall–Kier alpha value is -2.14. The second-order valence-electron chi connectivity index (χ2n) is 7.26. The quantitative estimate of drug-likeness (QED) is 0.668. The van der Waals surface area contributed by atoms with Gasteiger partial charge in [0.15, 0.2) is 11.9 Å². The number of para-hydroxylation sites is 1. The number of hydrogen-bond donors (Lipinski definition) is 1. The van der Waals surface area contributed by atoms with E-state index in [1.54, 1.807) is 58.0 Å². The summed E-state index contributed by atoms with van der Waals surface area (Å²) in [4.78, 5) is 14.1. The summed E-state index contributed by atoms with van der Waals surface area (Å²) >= 11 is 0. The highest BCUT2D eigenvalue weighted by Gasteiger charge is 2.41. The number of carbonyl (C=O) groups is 1. The van der Waals surface area contributed by atoms with Gasteiger partial charge in [-0.2, -0.15) is 10.7 Å². The van der Waals surface area contributed by atoms with Gasteiger partial charge in [0.05, 0.1) is 6.07 Å². The summed E-state index contributed by atoms with van der Waals surface area (Å²) in [6.07, 6.45) is 0.124. The van der Waals surface area contributed by atoms with E-state index in [9.17, 15) is 15.3 Å². The average Bonchev–Trinajstić information content (AvgIpc) is 3.01. The van der Waals surface area contributed by atoms with Gasteiger partial charge in [0.1, 0.15) is 11.6 Å². The van der Waals surface area contributed by atoms with Crippen LogP contribution in [0.2, 0.25) is 0 Å². The summed E-state index contributed by atoms with van der Waals surface area (Å²) in [5.74, 6) is 0. The first-order valence-electron chi connectivity index (χ1n) is 8.49. The van der Waals surface area contributed by atoms with Gasteiger partial charge in [-0.3, -0.25) is 0 Å². The van der Waals surface area contributed by atoms with Crippen molar-refractivity contribution in [2.45, 2.75) is 58.3 Å². The lowest BCUT2D eigenvalue weighted by molar-refractivity contribution is 0.0166. The van der Waals surface area contributed by atoms with E-state index in [0.29, 0.717) is 12.2 Å². The number of nitrogens with zero attached hydrogens (tertiary/aromatic N) is 3. The number of nitriles is 1. The van der Waals surface area contributed by atoms with Crippen molar-refractivity contribution in [3.8, 4) is 6.07 Å². The smallest absolute Gasteiger partial charge is 0.453 e. The Balaban J connectivity index is 2.33. The zero-order valence-corrected chi connectivity index (χ0v) is 15.2. The number of rotatable bonds is 4. The van der Waals surface area contributed by atoms with E-state index in [4.69, 9.17) is 4.74 Å². The van der Waals surface area contributed by atoms with Crippen LogP contribution in [-0.2, 0) is 4.74 Å². The van der Waals surface area contributed by atoms with E-state index in [0.717, 1.165) is 12.8 Å². The Kier molecular flexibility index (Phi) is 5.68. The maximum Gasteiger partial charge on any atom is 0.453 e. The number of likely N-dealkylation sites (tertiary alicyclic amines) is 1. The highest BCUT2D eigenvalue weighted by Crippen LogP contribution is 2.29. The van der Waals surface area contributed by atoms with Crippen LogP contribution in [0.4, 0.5) is 10.5 Å². The molecule has 7 nitrogen and oxygen atoms in total. The van der Waals surface area contributed by atoms with Crippen molar-refractivity contribution in [1.29, 1.82) is 5.26 Å². The predicted molar refractivity (Wildman–Crippen MR) is 95.8 cm³/mol. The van der Waals surface area contributed by atoms with Crippen molar-refractivity contribution < 1.29 is 9.53 Å². The molecule has 0 saturated carbocycles. The predicted octanol–water partition coefficient (Wildman–Crippen LogP) is 3.27. The first-order chi connectivity index (χ1) is 11.7. The maximum atomic E-state index is 13.7. The number of nitrogens with one attached hydrogen (secondary N) is 1. The van der Waals surface area contributed by atoms with Gasteiger partial charge in [0.2, 0.25) is 0 Å². The van der Waals surface area contributed by atoms with Gasteiger partial charge < -0.3 is 9.94 Å². The van der Waals surface area contributed by atoms with Gasteiger partial charge in [-0.05, 0) is 33.6 Å². The normalized spacial score (nSPS) is 21.8. The minimum absolute atomic E-state index is 0.328. The molecule has 0 aliphatic carbocycles. The molecule has 2 rings (SSSR count). The minimum atomic E-state index is -1.10. The maximum absolute atomic E-state index is 13.7. The van der Waals surface area contributed by atoms with Crippen molar-refractivity contribution in [1.82, 2.24) is 15.1 Å². The summed E-state index contributed by atoms with van der Waals surface area (Å²) in [6, 6.07) is 10.5. The average molecular weight is 346 g/mol. The topological polar surface area (TPSA) is 88.4 Å². The standard InChI is InChI=1S/C18H26N4O3/c1-14(21-12-8-9-15(21)13-19)22(24,16-10-6-5-7-11-16)20-17(23)25-18(2,3)4/h5-7,10-11,14-15H,8-9,12H2,1-4H3,(H,20,23). The molecule has 1 N–H and O–H groups in total. The summed E-state index contributed by atoms with van der Waals surface area (Å²) in [5, 5.41) is 23.1. The molecule has 1 fully saturated rings. The fourth-order valence-corrected chi connectivity index (χ4v) is 3.04. The first kappa shape index (κ1) is 19.2. The molecule has 1 aromatic rings. The number of carbonyl (C=O) groups excluding carboxylic acids is 1. The van der Waals surface area contributed by atoms with Gasteiger partial charge >= 0.3 is 6.09 Å². The van der Waals surface area contributed by atoms with Crippen molar-refractivity contribution >= 4 is 11.8 Å². The van der Waals surface area contributed by atoms with Crippen LogP contribution in [0.5, 0.6) is 0 Å². The molecule has 1 aliphatic rings. The van der Waals surface area contributed by atoms with Crippen molar-refractivity contribution in [2.24, 2.45) is 0 Å². The Morgan fingerprint density at radius 1 is 1.44 bits per heavy atom. The summed E-state index contributed by atoms with van der Waals surface area (Å²) in [6.45, 7) is 7.59. The van der Waals surface area contributed by atoms with Crippen molar-refractivity contribution in [2.75, 3.05) is 6.54 Å². The molecule has 0 radical (unpaired) electrons. The molecule has 0 spiro atoms. The Morgan fingerprint density at radius 2 is 2.08 bits per heavy atom. The molecular formula is C18H26N4O3. The van der Waals surface area contributed by atoms with E-state index in [1.807, 2.05) is 4.90 Å². The van der Waals surface area contributed by atoms with Crippen molar-refractivity contribution in [3.63, 3.8) is 0 Å². The molecule has 3 atom stereocenters. The number of ether oxygens (including phenoxy) is 1. The third kappa shape index (κ3) is 4.48. The molecule has 1 saturated heterocycles. The lowest BCUT2D eigenvalue weighted by Crippen LogP contribution is -2.68. The summed E-state index contributed by atoms with van der Waals surface area (Å²) in [7, 11) is 0. The van der Waals surface area contributed by atoms with E-state index >= 15 is 0 Å². The third-order valence-electron chi connectivity index (χ3n) is 4.25. The summed E-state index contributed by atoms with van der Waals surface area (Å²) < 4.78 is 4.17. The number of benzene rings is 1. The molecule has 25 heavy (non-hydrogen) atoms. The molecule has 1 amide bonds. The Labute approximate surface area is 148 Å². The largest absolute Gasteiger partial charge is 0.600 e. The van der Waals surface area contributed by atoms with Crippen LogP contribution >= 0.6 is 0 Å². The van der Waals surface area contributed by atoms with E-state index in [2.05, 4.69) is 11.5 Å². The second kappa shape index (κ2) is 7.40. The Morgan fingerprint density at radius 3 is 2.64 bits per heavy atom. The zero-order chi connectivity index (χ0) is 18.7. The number of hydrogen-bond acceptors (Lipinski definition) is 5. The van der Waals surface area contributed by atoms with Crippen LogP contribution in [0.15, 0.2) is 30.3 Å². The van der Waals surface area contributed by atoms with E-state index in [-0.39, 0.29) is 6.04 Å². The van der Waals surface area contributed by atoms with Gasteiger partial charge in [-0.1, -0.05) is 18.2 Å². The molecule has 0 aromatic heterocycles. The Bertz CT molecular complexity index is 638. The number of amides is 1. The monoisotopic (exact) mass is 346 g/mol. The number of hydroxylamine groups is 1. The SMILES string of the molecule is CC(N1CCCC1C#N)[N+]([O-])(NC(=O)OC(C)(C)C)c1ccccc1. The van der Waals surface area contributed by atoms with Crippen LogP contribution in [-0.4, -0.2) is 35.3 Å². The van der Waals surface area contributed by atoms with E-state index < -0.39 is 22.6 Å². The lowest BCUT2D eigenvalue weighted by Gasteiger charge is -2.48. The molecule has 7 heteroatoms. The van der Waals surface area contributed by atoms with Crippen LogP contribution in [0.3, 0.4) is 0 Å². The molecule has 1 heterocycles. The van der Waals surface area contributed by atoms with Gasteiger partial charge in [0, 0.05) is 25.6 Å². The number of quaternary nitrogens is 1. The third-order valence-corrected chi connectivity index (χ3v) is 4.25. The molecule has 0 bridgehead atoms. The van der Waals surface area contributed by atoms with Crippen LogP contribution in [0.1, 0.15) is 40.5 Å². The highest BCUT2D eigenvalue weighted by atomic mass is 16.6. The van der Waals surface area contributed by atoms with Crippen LogP contribution in [0.25, 0.3) is 0 Å². The fraction of sp³-hybridized carbons (Fsp3) is 0.556. The van der Waals surface area contributed by atoms with E-state index in [1.165, 1.54) is 0 Å². The van der Waals surface area contributed by atoms with Gasteiger partial charge in [0.25, 0.3) is 0 Å². The lowest BCUT2D eigenvalue weighted by atomic mass is 10.2. The van der Waals surface area contributed by atoms with Crippen LogP contribution < -0.4 is 10.2 Å². The molecule has 3 unspecified atom stereocenters. The second-order valence-corrected chi connectivity index (χ2v) is 7.26. The van der Waals surface area contributed by atoms with Gasteiger partial charge in [-0.15, -0.1) is 0 Å². The molecular weight excluding hydrogens is 320 g/mol. The first-order valence-corrected chi connectivity index (χ1v) is 8.49. The molecule has 136 valence electrons. The van der Waals surface area contributed by atoms with Crippen LogP contribution in [0, 0.1) is 16.5 Å². The molecule has 1 aromatic carbocycles. The zero-order valence-electron chi connectivity index (χ0n) is 15.2. The molecule has 1 aliphatic heterocycles. The minimum Gasteiger partial charge on any atom is -0.600 e. The highest BCUT2D eigenvalue weighted by molar-refractivity contribution is 5.69.